The largest absolute Gasteiger partial charge is 0.346 e. The van der Waals surface area contributed by atoms with Crippen LogP contribution in [-0.2, 0) is 9.59 Å². The molecule has 0 radical (unpaired) electrons. The number of hydrogen-bond donors (Lipinski definition) is 3. The number of carbonyl (C=O) groups is 2. The van der Waals surface area contributed by atoms with E-state index in [1.807, 2.05) is 20.8 Å². The van der Waals surface area contributed by atoms with Crippen LogP contribution in [-0.4, -0.2) is 24.4 Å². The molecule has 1 atom stereocenters. The molecule has 2 amide bonds. The van der Waals surface area contributed by atoms with Crippen molar-refractivity contribution in [3.8, 4) is 0 Å². The molecule has 0 aromatic heterocycles. The van der Waals surface area contributed by atoms with Crippen LogP contribution in [0.25, 0.3) is 0 Å². The maximum absolute atomic E-state index is 11.8. The molecule has 0 bridgehead atoms. The highest BCUT2D eigenvalue weighted by atomic mass is 35.5. The average molecular weight is 298 g/mol. The summed E-state index contributed by atoms with van der Waals surface area (Å²) in [6.45, 7) is 5.38. The molecule has 0 aliphatic carbocycles. The Bertz CT molecular complexity index is 503. The van der Waals surface area contributed by atoms with E-state index in [2.05, 4.69) is 10.6 Å². The van der Waals surface area contributed by atoms with Crippen molar-refractivity contribution in [1.82, 2.24) is 5.32 Å². The van der Waals surface area contributed by atoms with Crippen LogP contribution in [0.5, 0.6) is 0 Å². The molecule has 6 heteroatoms. The molecular formula is C14H20ClN3O2. The maximum atomic E-state index is 11.8. The molecule has 0 saturated carbocycles. The smallest absolute Gasteiger partial charge is 0.243 e. The lowest BCUT2D eigenvalue weighted by molar-refractivity contribution is -0.125. The Labute approximate surface area is 123 Å². The summed E-state index contributed by atoms with van der Waals surface area (Å²) < 4.78 is 0. The lowest BCUT2D eigenvalue weighted by Crippen LogP contribution is -2.46. The Kier molecular flexibility index (Phi) is 5.98. The van der Waals surface area contributed by atoms with Crippen LogP contribution >= 0.6 is 11.6 Å². The van der Waals surface area contributed by atoms with E-state index >= 15 is 0 Å². The highest BCUT2D eigenvalue weighted by molar-refractivity contribution is 6.31. The van der Waals surface area contributed by atoms with Crippen molar-refractivity contribution in [2.45, 2.75) is 26.8 Å². The zero-order valence-electron chi connectivity index (χ0n) is 11.9. The molecule has 0 saturated heterocycles. The number of rotatable bonds is 5. The lowest BCUT2D eigenvalue weighted by atomic mass is 10.1. The van der Waals surface area contributed by atoms with Crippen LogP contribution in [0.2, 0.25) is 5.02 Å². The minimum Gasteiger partial charge on any atom is -0.346 e. The van der Waals surface area contributed by atoms with E-state index in [0.717, 1.165) is 5.56 Å². The van der Waals surface area contributed by atoms with Gasteiger partial charge in [-0.2, -0.15) is 0 Å². The summed E-state index contributed by atoms with van der Waals surface area (Å²) in [6.07, 6.45) is 0. The Hall–Kier alpha value is -1.59. The normalized spacial score (nSPS) is 12.1. The van der Waals surface area contributed by atoms with E-state index in [-0.39, 0.29) is 24.3 Å². The third-order valence-electron chi connectivity index (χ3n) is 2.99. The fourth-order valence-electron chi connectivity index (χ4n) is 1.53. The van der Waals surface area contributed by atoms with Gasteiger partial charge in [0.15, 0.2) is 0 Å². The third kappa shape index (κ3) is 4.51. The molecule has 0 unspecified atom stereocenters. The Balaban J connectivity index is 2.53. The number of halogens is 1. The summed E-state index contributed by atoms with van der Waals surface area (Å²) in [6, 6.07) is 4.63. The molecule has 0 spiro atoms. The number of nitrogens with one attached hydrogen (secondary N) is 2. The molecular weight excluding hydrogens is 278 g/mol. The van der Waals surface area contributed by atoms with E-state index in [1.165, 1.54) is 0 Å². The highest BCUT2D eigenvalue weighted by Gasteiger charge is 2.17. The van der Waals surface area contributed by atoms with Gasteiger partial charge in [-0.25, -0.2) is 0 Å². The van der Waals surface area contributed by atoms with Gasteiger partial charge < -0.3 is 16.4 Å². The van der Waals surface area contributed by atoms with Crippen LogP contribution in [0.15, 0.2) is 18.2 Å². The molecule has 0 aliphatic rings. The van der Waals surface area contributed by atoms with Gasteiger partial charge in [-0.1, -0.05) is 31.5 Å². The van der Waals surface area contributed by atoms with Crippen LogP contribution in [0, 0.1) is 12.8 Å². The average Bonchev–Trinajstić information content (AvgIpc) is 2.40. The first-order valence-corrected chi connectivity index (χ1v) is 6.79. The van der Waals surface area contributed by atoms with Crippen molar-refractivity contribution in [2.75, 3.05) is 11.9 Å². The van der Waals surface area contributed by atoms with E-state index in [0.29, 0.717) is 10.7 Å². The summed E-state index contributed by atoms with van der Waals surface area (Å²) in [5.74, 6) is -0.633. The summed E-state index contributed by atoms with van der Waals surface area (Å²) in [7, 11) is 0. The number of benzene rings is 1. The van der Waals surface area contributed by atoms with Crippen LogP contribution in [0.3, 0.4) is 0 Å². The van der Waals surface area contributed by atoms with Crippen molar-refractivity contribution in [3.05, 3.63) is 28.8 Å². The Morgan fingerprint density at radius 3 is 2.60 bits per heavy atom. The fourth-order valence-corrected chi connectivity index (χ4v) is 1.70. The standard InChI is InChI=1S/C14H20ClN3O2/c1-8(2)13(16)14(20)17-7-12(19)18-11-6-4-5-10(15)9(11)3/h4-6,8,13H,7,16H2,1-3H3,(H,17,20)(H,18,19)/t13-/m0/s1. The van der Waals surface area contributed by atoms with Crippen molar-refractivity contribution >= 4 is 29.1 Å². The monoisotopic (exact) mass is 297 g/mol. The van der Waals surface area contributed by atoms with Gasteiger partial charge in [0.05, 0.1) is 12.6 Å². The molecule has 0 heterocycles. The van der Waals surface area contributed by atoms with Crippen molar-refractivity contribution in [3.63, 3.8) is 0 Å². The van der Waals surface area contributed by atoms with E-state index in [4.69, 9.17) is 17.3 Å². The van der Waals surface area contributed by atoms with Gasteiger partial charge in [-0.05, 0) is 30.5 Å². The number of nitrogens with two attached hydrogens (primary N) is 1. The SMILES string of the molecule is Cc1c(Cl)cccc1NC(=O)CNC(=O)[C@@H](N)C(C)C. The molecule has 1 rings (SSSR count). The van der Waals surface area contributed by atoms with Gasteiger partial charge in [0.2, 0.25) is 11.8 Å². The van der Waals surface area contributed by atoms with E-state index in [9.17, 15) is 9.59 Å². The summed E-state index contributed by atoms with van der Waals surface area (Å²) in [5, 5.41) is 5.78. The van der Waals surface area contributed by atoms with Crippen molar-refractivity contribution in [1.29, 1.82) is 0 Å². The minimum absolute atomic E-state index is 0.0215. The molecule has 5 nitrogen and oxygen atoms in total. The van der Waals surface area contributed by atoms with Crippen molar-refractivity contribution < 1.29 is 9.59 Å². The Morgan fingerprint density at radius 1 is 1.35 bits per heavy atom. The highest BCUT2D eigenvalue weighted by Crippen LogP contribution is 2.22. The predicted octanol–water partition coefficient (Wildman–Crippen LogP) is 1.69. The maximum Gasteiger partial charge on any atom is 0.243 e. The first-order valence-electron chi connectivity index (χ1n) is 6.41. The number of hydrogen-bond acceptors (Lipinski definition) is 3. The second-order valence-corrected chi connectivity index (χ2v) is 5.36. The molecule has 1 aromatic rings. The van der Waals surface area contributed by atoms with Gasteiger partial charge >= 0.3 is 0 Å². The van der Waals surface area contributed by atoms with Gasteiger partial charge in [-0.3, -0.25) is 9.59 Å². The lowest BCUT2D eigenvalue weighted by Gasteiger charge is -2.15. The Morgan fingerprint density at radius 2 is 2.00 bits per heavy atom. The summed E-state index contributed by atoms with van der Waals surface area (Å²) in [5.41, 5.74) is 7.10. The predicted molar refractivity (Wildman–Crippen MR) is 80.6 cm³/mol. The molecule has 0 aliphatic heterocycles. The van der Waals surface area contributed by atoms with Crippen LogP contribution in [0.1, 0.15) is 19.4 Å². The third-order valence-corrected chi connectivity index (χ3v) is 3.40. The van der Waals surface area contributed by atoms with Crippen LogP contribution < -0.4 is 16.4 Å². The quantitative estimate of drug-likeness (QED) is 0.773. The molecule has 0 fully saturated rings. The first-order chi connectivity index (χ1) is 9.32. The van der Waals surface area contributed by atoms with Crippen LogP contribution in [0.4, 0.5) is 5.69 Å². The summed E-state index contributed by atoms with van der Waals surface area (Å²) in [4.78, 5) is 23.4. The first kappa shape index (κ1) is 16.5. The topological polar surface area (TPSA) is 84.2 Å². The zero-order valence-corrected chi connectivity index (χ0v) is 12.6. The number of carbonyl (C=O) groups excluding carboxylic acids is 2. The van der Waals surface area contributed by atoms with Gasteiger partial charge in [0.25, 0.3) is 0 Å². The number of anilines is 1. The zero-order chi connectivity index (χ0) is 15.3. The summed E-state index contributed by atoms with van der Waals surface area (Å²) >= 11 is 5.96. The van der Waals surface area contributed by atoms with Crippen molar-refractivity contribution in [2.24, 2.45) is 11.7 Å². The van der Waals surface area contributed by atoms with Gasteiger partial charge in [-0.15, -0.1) is 0 Å². The molecule has 4 N–H and O–H groups in total. The number of amides is 2. The molecule has 20 heavy (non-hydrogen) atoms. The molecule has 1 aromatic carbocycles. The van der Waals surface area contributed by atoms with Gasteiger partial charge in [0, 0.05) is 10.7 Å². The second-order valence-electron chi connectivity index (χ2n) is 4.95. The second kappa shape index (κ2) is 7.26. The van der Waals surface area contributed by atoms with E-state index < -0.39 is 6.04 Å². The van der Waals surface area contributed by atoms with Gasteiger partial charge in [0.1, 0.15) is 0 Å². The van der Waals surface area contributed by atoms with E-state index in [1.54, 1.807) is 18.2 Å². The molecule has 110 valence electrons. The minimum atomic E-state index is -0.615. The fraction of sp³-hybridized carbons (Fsp3) is 0.429.